The fourth-order valence-electron chi connectivity index (χ4n) is 2.95. The molecule has 0 bridgehead atoms. The molecule has 0 fully saturated rings. The van der Waals surface area contributed by atoms with Crippen molar-refractivity contribution in [2.24, 2.45) is 0 Å². The van der Waals surface area contributed by atoms with Crippen LogP contribution in [0.15, 0.2) is 55.1 Å². The lowest BCUT2D eigenvalue weighted by Gasteiger charge is -2.22. The number of fused-ring (bicyclic) bond motifs is 1. The molecule has 2 heterocycles. The Morgan fingerprint density at radius 2 is 2.14 bits per heavy atom. The van der Waals surface area contributed by atoms with E-state index in [4.69, 9.17) is 16.6 Å². The molecule has 1 amide bonds. The molecule has 4 rings (SSSR count). The zero-order chi connectivity index (χ0) is 20.4. The Balaban J connectivity index is 1.47. The summed E-state index contributed by atoms with van der Waals surface area (Å²) in [5.74, 6) is -0.149. The molecule has 0 spiro atoms. The lowest BCUT2D eigenvalue weighted by Crippen LogP contribution is -2.32. The Hall–Kier alpha value is -2.81. The average Bonchev–Trinajstić information content (AvgIpc) is 3.37. The molecule has 0 saturated heterocycles. The van der Waals surface area contributed by atoms with Gasteiger partial charge in [-0.3, -0.25) is 9.69 Å². The third-order valence-electron chi connectivity index (χ3n) is 4.62. The van der Waals surface area contributed by atoms with E-state index in [0.717, 1.165) is 15.2 Å². The van der Waals surface area contributed by atoms with E-state index in [1.54, 1.807) is 40.5 Å². The molecule has 1 N–H and O–H groups in total. The normalized spacial score (nSPS) is 12.4. The standard InChI is InChI=1S/C20H19ClN6OS/c1-13(20-25-15-5-3-4-6-18(15)29-20)26(2)10-19(28)24-16-9-14(21)7-8-17(16)27-12-22-11-23-27/h3-9,11-13H,10H2,1-2H3,(H,24,28). The van der Waals surface area contributed by atoms with Crippen LogP contribution in [0, 0.1) is 0 Å². The molecule has 2 aromatic heterocycles. The van der Waals surface area contributed by atoms with Crippen LogP contribution < -0.4 is 5.32 Å². The van der Waals surface area contributed by atoms with Gasteiger partial charge >= 0.3 is 0 Å². The fourth-order valence-corrected chi connectivity index (χ4v) is 4.21. The smallest absolute Gasteiger partial charge is 0.238 e. The first-order chi connectivity index (χ1) is 14.0. The number of nitrogens with one attached hydrogen (secondary N) is 1. The summed E-state index contributed by atoms with van der Waals surface area (Å²) in [5, 5.41) is 8.57. The van der Waals surface area contributed by atoms with Crippen molar-refractivity contribution in [3.63, 3.8) is 0 Å². The van der Waals surface area contributed by atoms with Gasteiger partial charge in [0, 0.05) is 5.02 Å². The van der Waals surface area contributed by atoms with Crippen LogP contribution >= 0.6 is 22.9 Å². The second-order valence-electron chi connectivity index (χ2n) is 6.66. The van der Waals surface area contributed by atoms with Crippen LogP contribution in [-0.4, -0.2) is 44.1 Å². The van der Waals surface area contributed by atoms with Gasteiger partial charge in [-0.1, -0.05) is 23.7 Å². The zero-order valence-corrected chi connectivity index (χ0v) is 17.5. The Morgan fingerprint density at radius 1 is 1.31 bits per heavy atom. The van der Waals surface area contributed by atoms with Gasteiger partial charge in [-0.25, -0.2) is 14.6 Å². The predicted molar refractivity (Wildman–Crippen MR) is 116 cm³/mol. The SMILES string of the molecule is CC(c1nc2ccccc2s1)N(C)CC(=O)Nc1cc(Cl)ccc1-n1cncn1. The van der Waals surface area contributed by atoms with Gasteiger partial charge in [-0.2, -0.15) is 5.10 Å². The monoisotopic (exact) mass is 426 g/mol. The number of carbonyl (C=O) groups excluding carboxylic acids is 1. The molecular weight excluding hydrogens is 408 g/mol. The minimum absolute atomic E-state index is 0.00676. The number of likely N-dealkylation sites (N-methyl/N-ethyl adjacent to an activating group) is 1. The molecule has 2 aromatic carbocycles. The second kappa shape index (κ2) is 8.28. The van der Waals surface area contributed by atoms with E-state index in [0.29, 0.717) is 16.4 Å². The Bertz CT molecular complexity index is 1110. The van der Waals surface area contributed by atoms with Gasteiger partial charge in [0.25, 0.3) is 0 Å². The van der Waals surface area contributed by atoms with Crippen LogP contribution in [0.5, 0.6) is 0 Å². The number of thiazole rings is 1. The summed E-state index contributed by atoms with van der Waals surface area (Å²) >= 11 is 7.77. The van der Waals surface area contributed by atoms with E-state index in [9.17, 15) is 4.79 Å². The third-order valence-corrected chi connectivity index (χ3v) is 6.06. The third kappa shape index (κ3) is 4.29. The molecule has 7 nitrogen and oxygen atoms in total. The molecule has 0 aliphatic rings. The van der Waals surface area contributed by atoms with Gasteiger partial charge < -0.3 is 5.32 Å². The molecule has 4 aromatic rings. The number of benzene rings is 2. The van der Waals surface area contributed by atoms with Crippen molar-refractivity contribution < 1.29 is 4.79 Å². The van der Waals surface area contributed by atoms with Gasteiger partial charge in [0.2, 0.25) is 5.91 Å². The van der Waals surface area contributed by atoms with E-state index in [1.165, 1.54) is 6.33 Å². The molecule has 148 valence electrons. The maximum Gasteiger partial charge on any atom is 0.238 e. The van der Waals surface area contributed by atoms with E-state index < -0.39 is 0 Å². The summed E-state index contributed by atoms with van der Waals surface area (Å²) in [4.78, 5) is 23.3. The van der Waals surface area contributed by atoms with Gasteiger partial charge in [0.1, 0.15) is 17.7 Å². The number of amides is 1. The van der Waals surface area contributed by atoms with Gasteiger partial charge in [0.15, 0.2) is 0 Å². The first-order valence-electron chi connectivity index (χ1n) is 9.01. The number of hydrogen-bond donors (Lipinski definition) is 1. The van der Waals surface area contributed by atoms with Crippen LogP contribution in [0.2, 0.25) is 5.02 Å². The van der Waals surface area contributed by atoms with Crippen LogP contribution in [0.1, 0.15) is 18.0 Å². The molecule has 0 aliphatic heterocycles. The maximum absolute atomic E-state index is 12.7. The Kier molecular flexibility index (Phi) is 5.57. The van der Waals surface area contributed by atoms with Crippen LogP contribution in [0.3, 0.4) is 0 Å². The van der Waals surface area contributed by atoms with Gasteiger partial charge in [-0.15, -0.1) is 11.3 Å². The first-order valence-corrected chi connectivity index (χ1v) is 10.2. The minimum atomic E-state index is -0.149. The first kappa shape index (κ1) is 19.5. The van der Waals surface area contributed by atoms with Crippen molar-refractivity contribution in [2.45, 2.75) is 13.0 Å². The predicted octanol–water partition coefficient (Wildman–Crippen LogP) is 4.16. The number of carbonyl (C=O) groups is 1. The summed E-state index contributed by atoms with van der Waals surface area (Å²) < 4.78 is 2.72. The van der Waals surface area contributed by atoms with E-state index in [2.05, 4.69) is 21.5 Å². The fraction of sp³-hybridized carbons (Fsp3) is 0.200. The highest BCUT2D eigenvalue weighted by Crippen LogP contribution is 2.29. The number of halogens is 1. The highest BCUT2D eigenvalue weighted by Gasteiger charge is 2.19. The summed E-state index contributed by atoms with van der Waals surface area (Å²) in [6.07, 6.45) is 3.01. The molecule has 1 unspecified atom stereocenters. The number of aromatic nitrogens is 4. The minimum Gasteiger partial charge on any atom is -0.323 e. The summed E-state index contributed by atoms with van der Waals surface area (Å²) in [5.41, 5.74) is 2.25. The van der Waals surface area contributed by atoms with Gasteiger partial charge in [-0.05, 0) is 44.3 Å². The molecule has 29 heavy (non-hydrogen) atoms. The maximum atomic E-state index is 12.7. The molecule has 1 atom stereocenters. The Labute approximate surface area is 177 Å². The van der Waals surface area contributed by atoms with Crippen molar-refractivity contribution in [3.05, 3.63) is 65.1 Å². The summed E-state index contributed by atoms with van der Waals surface area (Å²) in [6, 6.07) is 13.3. The highest BCUT2D eigenvalue weighted by atomic mass is 35.5. The largest absolute Gasteiger partial charge is 0.323 e. The topological polar surface area (TPSA) is 75.9 Å². The number of rotatable bonds is 6. The quantitative estimate of drug-likeness (QED) is 0.501. The van der Waals surface area contributed by atoms with E-state index in [1.807, 2.05) is 37.1 Å². The lowest BCUT2D eigenvalue weighted by atomic mass is 10.2. The molecule has 0 radical (unpaired) electrons. The number of hydrogen-bond acceptors (Lipinski definition) is 6. The highest BCUT2D eigenvalue weighted by molar-refractivity contribution is 7.18. The van der Waals surface area contributed by atoms with Crippen LogP contribution in [-0.2, 0) is 4.79 Å². The number of anilines is 1. The van der Waals surface area contributed by atoms with Gasteiger partial charge in [0.05, 0.1) is 34.2 Å². The van der Waals surface area contributed by atoms with Crippen molar-refractivity contribution >= 4 is 44.7 Å². The second-order valence-corrected chi connectivity index (χ2v) is 8.16. The van der Waals surface area contributed by atoms with E-state index >= 15 is 0 Å². The van der Waals surface area contributed by atoms with Crippen molar-refractivity contribution in [3.8, 4) is 5.69 Å². The molecule has 0 saturated carbocycles. The summed E-state index contributed by atoms with van der Waals surface area (Å²) in [6.45, 7) is 2.26. The van der Waals surface area contributed by atoms with Crippen LogP contribution in [0.25, 0.3) is 15.9 Å². The van der Waals surface area contributed by atoms with Crippen molar-refractivity contribution in [1.29, 1.82) is 0 Å². The Morgan fingerprint density at radius 3 is 2.90 bits per heavy atom. The summed E-state index contributed by atoms with van der Waals surface area (Å²) in [7, 11) is 1.91. The molecular formula is C20H19ClN6OS. The lowest BCUT2D eigenvalue weighted by molar-refractivity contribution is -0.117. The van der Waals surface area contributed by atoms with E-state index in [-0.39, 0.29) is 18.5 Å². The number of para-hydroxylation sites is 1. The zero-order valence-electron chi connectivity index (χ0n) is 15.9. The van der Waals surface area contributed by atoms with Crippen molar-refractivity contribution in [2.75, 3.05) is 18.9 Å². The molecule has 9 heteroatoms. The van der Waals surface area contributed by atoms with Crippen molar-refractivity contribution in [1.82, 2.24) is 24.6 Å². The van der Waals surface area contributed by atoms with Crippen LogP contribution in [0.4, 0.5) is 5.69 Å². The number of nitrogens with zero attached hydrogens (tertiary/aromatic N) is 5. The molecule has 0 aliphatic carbocycles. The average molecular weight is 427 g/mol.